The van der Waals surface area contributed by atoms with Crippen molar-refractivity contribution in [3.63, 3.8) is 0 Å². The maximum atomic E-state index is 11.1. The van der Waals surface area contributed by atoms with Gasteiger partial charge >= 0.3 is 11.9 Å². The second-order valence-electron chi connectivity index (χ2n) is 8.83. The molecule has 256 valence electrons. The van der Waals surface area contributed by atoms with Crippen molar-refractivity contribution in [3.8, 4) is 23.0 Å². The van der Waals surface area contributed by atoms with Crippen LogP contribution < -0.4 is 9.47 Å². The molecule has 0 amide bonds. The summed E-state index contributed by atoms with van der Waals surface area (Å²) in [4.78, 5) is 37.4. The maximum Gasteiger partial charge on any atom is 0.330 e. The van der Waals surface area contributed by atoms with Crippen molar-refractivity contribution < 1.29 is 38.7 Å². The topological polar surface area (TPSA) is 163 Å². The molecule has 0 bridgehead atoms. The molecule has 0 aromatic carbocycles. The minimum atomic E-state index is -0.414. The number of hydrogen-bond acceptors (Lipinski definition) is 12. The minimum Gasteiger partial charge on any atom is -0.506 e. The molecule has 2 N–H and O–H groups in total. The molecule has 1 atom stereocenters. The smallest absolute Gasteiger partial charge is 0.330 e. The van der Waals surface area contributed by atoms with E-state index in [1.54, 1.807) is 30.6 Å². The van der Waals surface area contributed by atoms with E-state index in [0.29, 0.717) is 45.6 Å². The Morgan fingerprint density at radius 2 is 1.50 bits per heavy atom. The summed E-state index contributed by atoms with van der Waals surface area (Å²) in [5, 5.41) is 19.6. The predicted molar refractivity (Wildman–Crippen MR) is 197 cm³/mol. The number of esters is 2. The van der Waals surface area contributed by atoms with E-state index >= 15 is 0 Å². The van der Waals surface area contributed by atoms with Crippen LogP contribution in [0, 0.1) is 7.40 Å². The third-order valence-electron chi connectivity index (χ3n) is 5.36. The first-order valence-corrected chi connectivity index (χ1v) is 16.8. The number of nitrogens with zero attached hydrogens (tertiary/aromatic N) is 4. The van der Waals surface area contributed by atoms with Gasteiger partial charge in [-0.25, -0.2) is 14.8 Å². The van der Waals surface area contributed by atoms with E-state index in [-0.39, 0.29) is 36.4 Å². The van der Waals surface area contributed by atoms with Gasteiger partial charge in [0.25, 0.3) is 0 Å². The van der Waals surface area contributed by atoms with Gasteiger partial charge in [0.05, 0.1) is 59.2 Å². The van der Waals surface area contributed by atoms with Crippen molar-refractivity contribution in [2.45, 2.75) is 12.3 Å². The van der Waals surface area contributed by atoms with Crippen molar-refractivity contribution in [1.29, 1.82) is 0 Å². The van der Waals surface area contributed by atoms with Crippen molar-refractivity contribution >= 4 is 104 Å². The quantitative estimate of drug-likeness (QED) is 0.0840. The van der Waals surface area contributed by atoms with Gasteiger partial charge in [0, 0.05) is 61.0 Å². The Morgan fingerprint density at radius 3 is 2.08 bits per heavy atom. The molecule has 1 aliphatic heterocycles. The van der Waals surface area contributed by atoms with Crippen LogP contribution in [0.2, 0.25) is 20.1 Å². The molecular formula is C30H26Cl4I2N4O8. The Balaban J connectivity index is 0.000000231. The SMILES string of the molecule is COC(=O)/C=C/COc1cc(Cl)cnc1I.COC(=O)CC1COc2cc(Cl)cnc21.Oc1cc(Cl)cnc1I.Oc1cncc(Cl)c1. The highest BCUT2D eigenvalue weighted by Gasteiger charge is 2.28. The number of ether oxygens (including phenoxy) is 4. The van der Waals surface area contributed by atoms with E-state index in [2.05, 4.69) is 29.4 Å². The number of aromatic hydroxyl groups is 2. The number of fused-ring (bicyclic) bond motifs is 1. The molecule has 0 saturated heterocycles. The summed E-state index contributed by atoms with van der Waals surface area (Å²) in [6.07, 6.45) is 10.5. The van der Waals surface area contributed by atoms with E-state index in [0.717, 1.165) is 5.69 Å². The van der Waals surface area contributed by atoms with Gasteiger partial charge in [-0.2, -0.15) is 0 Å². The molecule has 48 heavy (non-hydrogen) atoms. The largest absolute Gasteiger partial charge is 0.506 e. The molecule has 0 saturated carbocycles. The lowest BCUT2D eigenvalue weighted by Crippen LogP contribution is -2.10. The first kappa shape index (κ1) is 41.3. The van der Waals surface area contributed by atoms with Gasteiger partial charge in [-0.3, -0.25) is 14.8 Å². The molecule has 0 aliphatic carbocycles. The zero-order valence-electron chi connectivity index (χ0n) is 25.0. The normalized spacial score (nSPS) is 12.5. The van der Waals surface area contributed by atoms with Crippen LogP contribution in [0.15, 0.2) is 67.4 Å². The third-order valence-corrected chi connectivity index (χ3v) is 7.83. The summed E-state index contributed by atoms with van der Waals surface area (Å²) in [6, 6.07) is 6.26. The summed E-state index contributed by atoms with van der Waals surface area (Å²) < 4.78 is 21.1. The highest BCUT2D eigenvalue weighted by molar-refractivity contribution is 14.1. The zero-order valence-corrected chi connectivity index (χ0v) is 32.3. The molecule has 4 aromatic rings. The van der Waals surface area contributed by atoms with E-state index in [1.807, 2.05) is 45.2 Å². The molecule has 18 heteroatoms. The lowest BCUT2D eigenvalue weighted by atomic mass is 10.0. The molecule has 5 rings (SSSR count). The molecular weight excluding hydrogens is 940 g/mol. The average Bonchev–Trinajstić information content (AvgIpc) is 3.44. The summed E-state index contributed by atoms with van der Waals surface area (Å²) in [5.41, 5.74) is 0.782. The molecule has 0 spiro atoms. The van der Waals surface area contributed by atoms with E-state index < -0.39 is 5.97 Å². The molecule has 5 heterocycles. The Bertz CT molecular complexity index is 1690. The van der Waals surface area contributed by atoms with Crippen LogP contribution in [-0.4, -0.2) is 69.5 Å². The Labute approximate surface area is 323 Å². The van der Waals surface area contributed by atoms with Gasteiger partial charge in [-0.1, -0.05) is 46.4 Å². The van der Waals surface area contributed by atoms with Gasteiger partial charge in [0.2, 0.25) is 0 Å². The Kier molecular flexibility index (Phi) is 18.9. The summed E-state index contributed by atoms with van der Waals surface area (Å²) >= 11 is 26.4. The van der Waals surface area contributed by atoms with E-state index in [9.17, 15) is 9.59 Å². The van der Waals surface area contributed by atoms with Crippen LogP contribution in [0.5, 0.6) is 23.0 Å². The lowest BCUT2D eigenvalue weighted by molar-refractivity contribution is -0.141. The highest BCUT2D eigenvalue weighted by Crippen LogP contribution is 2.35. The monoisotopic (exact) mass is 964 g/mol. The lowest BCUT2D eigenvalue weighted by Gasteiger charge is -2.05. The molecule has 0 fully saturated rings. The average molecular weight is 966 g/mol. The zero-order chi connectivity index (χ0) is 35.6. The third kappa shape index (κ3) is 15.5. The molecule has 4 aromatic heterocycles. The van der Waals surface area contributed by atoms with Crippen LogP contribution in [0.4, 0.5) is 0 Å². The molecule has 1 unspecified atom stereocenters. The molecule has 1 aliphatic rings. The molecule has 12 nitrogen and oxygen atoms in total. The van der Waals surface area contributed by atoms with Gasteiger partial charge in [0.15, 0.2) is 5.75 Å². The van der Waals surface area contributed by atoms with Gasteiger partial charge in [0.1, 0.15) is 31.3 Å². The summed E-state index contributed by atoms with van der Waals surface area (Å²) in [6.45, 7) is 0.713. The maximum absolute atomic E-state index is 11.1. The van der Waals surface area contributed by atoms with Crippen LogP contribution in [0.1, 0.15) is 18.0 Å². The Hall–Kier alpha value is -2.90. The van der Waals surface area contributed by atoms with E-state index in [1.165, 1.54) is 51.0 Å². The predicted octanol–water partition coefficient (Wildman–Crippen LogP) is 7.71. The number of rotatable bonds is 6. The second kappa shape index (κ2) is 21.9. The number of carbonyl (C=O) groups excluding carboxylic acids is 2. The van der Waals surface area contributed by atoms with Crippen LogP contribution >= 0.6 is 91.6 Å². The van der Waals surface area contributed by atoms with E-state index in [4.69, 9.17) is 66.1 Å². The fraction of sp³-hybridized carbons (Fsp3) is 0.200. The number of carbonyl (C=O) groups is 2. The van der Waals surface area contributed by atoms with Gasteiger partial charge in [-0.05, 0) is 51.3 Å². The second-order valence-corrected chi connectivity index (χ2v) is 12.6. The highest BCUT2D eigenvalue weighted by atomic mass is 127. The number of hydrogen-bond donors (Lipinski definition) is 2. The van der Waals surface area contributed by atoms with Crippen LogP contribution in [-0.2, 0) is 19.1 Å². The van der Waals surface area contributed by atoms with Crippen molar-refractivity contribution in [3.05, 3.63) is 101 Å². The van der Waals surface area contributed by atoms with Crippen molar-refractivity contribution in [1.82, 2.24) is 19.9 Å². The Morgan fingerprint density at radius 1 is 0.875 bits per heavy atom. The fourth-order valence-electron chi connectivity index (χ4n) is 3.23. The minimum absolute atomic E-state index is 0.0234. The van der Waals surface area contributed by atoms with Gasteiger partial charge in [-0.15, -0.1) is 0 Å². The van der Waals surface area contributed by atoms with Gasteiger partial charge < -0.3 is 29.2 Å². The summed E-state index contributed by atoms with van der Waals surface area (Å²) in [5.74, 6) is 0.778. The number of pyridine rings is 4. The molecule has 0 radical (unpaired) electrons. The number of methoxy groups -OCH3 is 2. The van der Waals surface area contributed by atoms with Crippen molar-refractivity contribution in [2.75, 3.05) is 27.4 Å². The first-order valence-electron chi connectivity index (χ1n) is 13.2. The fourth-order valence-corrected chi connectivity index (χ4v) is 4.59. The van der Waals surface area contributed by atoms with Crippen LogP contribution in [0.25, 0.3) is 0 Å². The van der Waals surface area contributed by atoms with Crippen molar-refractivity contribution in [2.24, 2.45) is 0 Å². The van der Waals surface area contributed by atoms with Crippen LogP contribution in [0.3, 0.4) is 0 Å². The number of halogens is 6. The standard InChI is InChI=1S/C10H9ClINO3.C10H10ClNO3.C5H3ClINO.C5H4ClNO/c1-15-9(14)3-2-4-16-8-5-7(11)6-13-10(8)12;1-14-9(13)2-6-5-15-8-3-7(11)4-12-10(6)8;6-3-1-4(9)5(7)8-2-3;6-4-1-5(8)3-7-2-4/h2-3,5-6H,4H2,1H3;3-4,6H,2,5H2,1H3;1-2,9H;1-3,8H/b3-2+;;;. The first-order chi connectivity index (χ1) is 22.8. The number of aromatic nitrogens is 4. The summed E-state index contributed by atoms with van der Waals surface area (Å²) in [7, 11) is 2.69.